The predicted octanol–water partition coefficient (Wildman–Crippen LogP) is 20.3. The van der Waals surface area contributed by atoms with Crippen molar-refractivity contribution in [3.05, 3.63) is 290 Å². The normalized spacial score (nSPS) is 11.8. The second-order valence-electron chi connectivity index (χ2n) is 23.1. The molecule has 0 aliphatic rings. The van der Waals surface area contributed by atoms with E-state index in [1.54, 1.807) is 0 Å². The SMILES string of the molecule is Cc1ccc2c(c1)c1ccccc1n2-c1ccc(-c2c(C#N)c(-c3ccc(-n4c5ccccc5c5cc(C)ccc54)cc3)c(-n3c4ccccc4c4cccnc43)c(-c3ccc(-n4c5ccccc5c5cc(C)ccc54)cc3)c2-c2ccncc2)cc1. The van der Waals surface area contributed by atoms with Crippen LogP contribution in [0.5, 0.6) is 0 Å². The molecule has 0 atom stereocenters. The first-order valence-corrected chi connectivity index (χ1v) is 29.6. The second-order valence-corrected chi connectivity index (χ2v) is 23.1. The Morgan fingerprint density at radius 3 is 1.09 bits per heavy atom. The van der Waals surface area contributed by atoms with Crippen molar-refractivity contribution in [2.24, 2.45) is 0 Å². The van der Waals surface area contributed by atoms with E-state index in [1.165, 1.54) is 49.0 Å². The summed E-state index contributed by atoms with van der Waals surface area (Å²) in [6.45, 7) is 6.47. The molecule has 0 saturated heterocycles. The summed E-state index contributed by atoms with van der Waals surface area (Å²) >= 11 is 0. The minimum absolute atomic E-state index is 0.541. The van der Waals surface area contributed by atoms with Crippen LogP contribution in [0.15, 0.2) is 267 Å². The molecule has 0 fully saturated rings. The number of aryl methyl sites for hydroxylation is 3. The first kappa shape index (κ1) is 50.0. The van der Waals surface area contributed by atoms with E-state index in [2.05, 4.69) is 293 Å². The number of benzene rings is 11. The summed E-state index contributed by atoms with van der Waals surface area (Å²) in [6, 6.07) is 92.8. The van der Waals surface area contributed by atoms with E-state index < -0.39 is 0 Å². The van der Waals surface area contributed by atoms with Crippen molar-refractivity contribution in [2.75, 3.05) is 0 Å². The molecule has 7 nitrogen and oxygen atoms in total. The Kier molecular flexibility index (Phi) is 11.2. The zero-order valence-electron chi connectivity index (χ0n) is 48.0. The Balaban J connectivity index is 0.995. The molecule has 0 saturated carbocycles. The first-order valence-electron chi connectivity index (χ1n) is 29.6. The van der Waals surface area contributed by atoms with Crippen LogP contribution >= 0.6 is 0 Å². The molecule has 6 heterocycles. The van der Waals surface area contributed by atoms with Gasteiger partial charge in [-0.25, -0.2) is 4.98 Å². The van der Waals surface area contributed by atoms with Crippen LogP contribution in [0.25, 0.3) is 155 Å². The number of nitrogens with zero attached hydrogens (tertiary/aromatic N) is 7. The Bertz CT molecular complexity index is 5660. The average molecular weight is 1110 g/mol. The van der Waals surface area contributed by atoms with Crippen molar-refractivity contribution in [3.8, 4) is 73.3 Å². The van der Waals surface area contributed by atoms with Gasteiger partial charge in [0.1, 0.15) is 11.7 Å². The monoisotopic (exact) mass is 1110 g/mol. The molecule has 17 rings (SSSR count). The number of nitriles is 1. The summed E-state index contributed by atoms with van der Waals surface area (Å²) in [5, 5.41) is 21.8. The fourth-order valence-corrected chi connectivity index (χ4v) is 14.2. The van der Waals surface area contributed by atoms with Gasteiger partial charge >= 0.3 is 0 Å². The first-order chi connectivity index (χ1) is 42.9. The molecule has 6 aromatic heterocycles. The van der Waals surface area contributed by atoms with Gasteiger partial charge in [-0.1, -0.05) is 144 Å². The molecule has 0 N–H and O–H groups in total. The van der Waals surface area contributed by atoms with Gasteiger partial charge < -0.3 is 13.7 Å². The Hall–Kier alpha value is -11.6. The summed E-state index contributed by atoms with van der Waals surface area (Å²) in [7, 11) is 0. The van der Waals surface area contributed by atoms with E-state index in [9.17, 15) is 5.26 Å². The van der Waals surface area contributed by atoms with Crippen LogP contribution < -0.4 is 0 Å². The lowest BCUT2D eigenvalue weighted by Gasteiger charge is -2.27. The fraction of sp³-hybridized carbons (Fsp3) is 0.0375. The van der Waals surface area contributed by atoms with Crippen LogP contribution in [0.3, 0.4) is 0 Å². The van der Waals surface area contributed by atoms with Crippen molar-refractivity contribution in [1.82, 2.24) is 28.2 Å². The second kappa shape index (κ2) is 19.5. The molecule has 0 unspecified atom stereocenters. The highest BCUT2D eigenvalue weighted by Gasteiger charge is 2.31. The van der Waals surface area contributed by atoms with E-state index in [-0.39, 0.29) is 0 Å². The van der Waals surface area contributed by atoms with Gasteiger partial charge in [0.25, 0.3) is 0 Å². The highest BCUT2D eigenvalue weighted by molar-refractivity contribution is 6.15. The summed E-state index contributed by atoms with van der Waals surface area (Å²) in [6.07, 6.45) is 5.60. The molecule has 0 spiro atoms. The molecule has 0 aliphatic carbocycles. The van der Waals surface area contributed by atoms with Crippen molar-refractivity contribution >= 4 is 87.4 Å². The van der Waals surface area contributed by atoms with Gasteiger partial charge in [-0.3, -0.25) is 9.55 Å². The standard InChI is InChI=1S/C80H53N7/c1-49-22-37-72-64(45-49)60-14-5-8-18-68(60)84(72)56-31-25-52(26-32-56)75-67(48-81)76(53-27-33-57(34-28-53)85-69-19-9-6-15-61(69)65-46-50(2)23-38-73(65)85)79(87-71-21-11-4-13-59(71)63-17-12-42-83-80(63)87)78(77(75)55-40-43-82-44-41-55)54-29-35-58(36-30-54)86-70-20-10-7-16-62(70)66-47-51(3)24-39-74(66)86/h4-47H,1-3H3. The molecule has 17 aromatic rings. The number of hydrogen-bond donors (Lipinski definition) is 0. The van der Waals surface area contributed by atoms with E-state index >= 15 is 0 Å². The molecule has 0 amide bonds. The molecule has 0 bridgehead atoms. The van der Waals surface area contributed by atoms with Gasteiger partial charge in [0, 0.05) is 101 Å². The lowest BCUT2D eigenvalue weighted by Crippen LogP contribution is -2.08. The van der Waals surface area contributed by atoms with Crippen LogP contribution in [0.4, 0.5) is 0 Å². The van der Waals surface area contributed by atoms with Crippen molar-refractivity contribution < 1.29 is 0 Å². The number of aromatic nitrogens is 6. The van der Waals surface area contributed by atoms with Gasteiger partial charge in [0.15, 0.2) is 0 Å². The molecular formula is C80H53N7. The minimum Gasteiger partial charge on any atom is -0.309 e. The number of fused-ring (bicyclic) bond motifs is 12. The van der Waals surface area contributed by atoms with Crippen molar-refractivity contribution in [1.29, 1.82) is 5.26 Å². The third-order valence-electron chi connectivity index (χ3n) is 17.9. The molecule has 87 heavy (non-hydrogen) atoms. The molecule has 0 aliphatic heterocycles. The summed E-state index contributed by atoms with van der Waals surface area (Å²) < 4.78 is 9.42. The topological polar surface area (TPSA) is 69.3 Å². The molecular weight excluding hydrogens is 1060 g/mol. The summed E-state index contributed by atoms with van der Waals surface area (Å²) in [5.74, 6) is 0. The predicted molar refractivity (Wildman–Crippen MR) is 360 cm³/mol. The maximum Gasteiger partial charge on any atom is 0.145 e. The Labute approximate surface area is 501 Å². The lowest BCUT2D eigenvalue weighted by molar-refractivity contribution is 1.13. The van der Waals surface area contributed by atoms with Crippen LogP contribution in [0, 0.1) is 32.1 Å². The summed E-state index contributed by atoms with van der Waals surface area (Å²) in [4.78, 5) is 9.88. The van der Waals surface area contributed by atoms with Gasteiger partial charge in [0.2, 0.25) is 0 Å². The van der Waals surface area contributed by atoms with Crippen LogP contribution in [-0.2, 0) is 0 Å². The highest BCUT2D eigenvalue weighted by atomic mass is 15.1. The maximum atomic E-state index is 12.5. The lowest BCUT2D eigenvalue weighted by atomic mass is 9.79. The molecule has 7 heteroatoms. The number of rotatable bonds is 8. The third-order valence-corrected chi connectivity index (χ3v) is 17.9. The average Bonchev–Trinajstić information content (AvgIpc) is 1.94. The highest BCUT2D eigenvalue weighted by Crippen LogP contribution is 2.53. The summed E-state index contributed by atoms with van der Waals surface area (Å²) in [5.41, 5.74) is 23.9. The van der Waals surface area contributed by atoms with Crippen molar-refractivity contribution in [2.45, 2.75) is 20.8 Å². The van der Waals surface area contributed by atoms with Gasteiger partial charge in [-0.15, -0.1) is 0 Å². The molecule has 0 radical (unpaired) electrons. The van der Waals surface area contributed by atoms with E-state index in [4.69, 9.17) is 4.98 Å². The Morgan fingerprint density at radius 2 is 0.655 bits per heavy atom. The molecule has 11 aromatic carbocycles. The number of hydrogen-bond acceptors (Lipinski definition) is 3. The van der Waals surface area contributed by atoms with Crippen LogP contribution in [0.2, 0.25) is 0 Å². The van der Waals surface area contributed by atoms with E-state index in [1.807, 2.05) is 24.7 Å². The van der Waals surface area contributed by atoms with Crippen LogP contribution in [0.1, 0.15) is 22.3 Å². The largest absolute Gasteiger partial charge is 0.309 e. The molecule has 408 valence electrons. The van der Waals surface area contributed by atoms with Gasteiger partial charge in [-0.2, -0.15) is 5.26 Å². The maximum absolute atomic E-state index is 12.5. The zero-order chi connectivity index (χ0) is 58.0. The van der Waals surface area contributed by atoms with Gasteiger partial charge in [0.05, 0.1) is 49.9 Å². The number of pyridine rings is 2. The Morgan fingerprint density at radius 1 is 0.299 bits per heavy atom. The van der Waals surface area contributed by atoms with E-state index in [0.717, 1.165) is 122 Å². The zero-order valence-corrected chi connectivity index (χ0v) is 48.0. The van der Waals surface area contributed by atoms with Crippen LogP contribution in [-0.4, -0.2) is 28.2 Å². The van der Waals surface area contributed by atoms with E-state index in [0.29, 0.717) is 5.56 Å². The third kappa shape index (κ3) is 7.61. The van der Waals surface area contributed by atoms with Crippen molar-refractivity contribution in [3.63, 3.8) is 0 Å². The minimum atomic E-state index is 0.541. The number of para-hydroxylation sites is 4. The van der Waals surface area contributed by atoms with Gasteiger partial charge in [-0.05, 0) is 164 Å². The fourth-order valence-electron chi connectivity index (χ4n) is 14.2. The quantitative estimate of drug-likeness (QED) is 0.152. The smallest absolute Gasteiger partial charge is 0.145 e.